The van der Waals surface area contributed by atoms with Gasteiger partial charge in [0, 0.05) is 12.0 Å². The van der Waals surface area contributed by atoms with Crippen LogP contribution in [-0.2, 0) is 9.59 Å². The summed E-state index contributed by atoms with van der Waals surface area (Å²) in [6.07, 6.45) is 0.118. The van der Waals surface area contributed by atoms with Crippen LogP contribution in [0.2, 0.25) is 0 Å². The largest absolute Gasteiger partial charge is 0.497 e. The van der Waals surface area contributed by atoms with Crippen molar-refractivity contribution in [1.82, 2.24) is 0 Å². The first-order chi connectivity index (χ1) is 14.5. The smallest absolute Gasteiger partial charge is 0.263 e. The maximum Gasteiger partial charge on any atom is 0.263 e. The Hall–Kier alpha value is -3.97. The Morgan fingerprint density at radius 1 is 1.20 bits per heavy atom. The number of ketones is 1. The van der Waals surface area contributed by atoms with E-state index < -0.39 is 29.5 Å². The quantitative estimate of drug-likeness (QED) is 0.738. The summed E-state index contributed by atoms with van der Waals surface area (Å²) in [6, 6.07) is 12.7. The molecule has 6 nitrogen and oxygen atoms in total. The Labute approximate surface area is 172 Å². The van der Waals surface area contributed by atoms with Gasteiger partial charge in [-0.15, -0.1) is 0 Å². The van der Waals surface area contributed by atoms with E-state index in [9.17, 15) is 14.9 Å². The summed E-state index contributed by atoms with van der Waals surface area (Å²) in [7, 11) is 1.54. The number of Topliss-reactive ketones (excluding diaryl/α,β-unsaturated/α-hetero) is 1. The predicted molar refractivity (Wildman–Crippen MR) is 107 cm³/mol. The fourth-order valence-corrected chi connectivity index (χ4v) is 4.01. The Morgan fingerprint density at radius 3 is 2.63 bits per heavy atom. The number of hydrogen-bond acceptors (Lipinski definition) is 4. The molecular weight excluding hydrogens is 385 g/mol. The maximum absolute atomic E-state index is 15.0. The molecule has 1 aliphatic carbocycles. The molecule has 0 radical (unpaired) electrons. The van der Waals surface area contributed by atoms with E-state index in [0.29, 0.717) is 11.3 Å². The van der Waals surface area contributed by atoms with Gasteiger partial charge in [0.05, 0.1) is 31.3 Å². The van der Waals surface area contributed by atoms with Crippen LogP contribution in [0.1, 0.15) is 6.42 Å². The van der Waals surface area contributed by atoms with Crippen LogP contribution in [0.25, 0.3) is 16.0 Å². The lowest BCUT2D eigenvalue weighted by Gasteiger charge is -2.28. The van der Waals surface area contributed by atoms with Gasteiger partial charge in [0.15, 0.2) is 5.78 Å². The second-order valence-corrected chi connectivity index (χ2v) is 7.10. The number of ether oxygens (including phenoxy) is 1. The predicted octanol–water partition coefficient (Wildman–Crippen LogP) is 3.54. The van der Waals surface area contributed by atoms with E-state index in [1.807, 2.05) is 12.1 Å². The van der Waals surface area contributed by atoms with Gasteiger partial charge in [0.25, 0.3) is 11.9 Å². The monoisotopic (exact) mass is 401 g/mol. The number of amides is 1. The molecule has 0 aromatic heterocycles. The second kappa shape index (κ2) is 7.46. The molecule has 2 aromatic carbocycles. The minimum Gasteiger partial charge on any atom is -0.497 e. The molecule has 4 rings (SSSR count). The van der Waals surface area contributed by atoms with Crippen LogP contribution < -0.4 is 9.64 Å². The van der Waals surface area contributed by atoms with E-state index in [2.05, 4.69) is 4.85 Å². The molecule has 0 spiro atoms. The molecule has 2 aromatic rings. The molecule has 0 bridgehead atoms. The van der Waals surface area contributed by atoms with Crippen LogP contribution >= 0.6 is 0 Å². The number of carbonyl (C=O) groups excluding carboxylic acids is 2. The lowest BCUT2D eigenvalue weighted by molar-refractivity contribution is -0.121. The fourth-order valence-electron chi connectivity index (χ4n) is 4.01. The van der Waals surface area contributed by atoms with Gasteiger partial charge in [-0.2, -0.15) is 5.26 Å². The molecule has 2 aliphatic rings. The number of nitriles is 1. The SMILES string of the molecule is [C-]#[N+]C1CC(C#N)C2=C1C(=O)N(c1ccc(-c3cccc(OC)c3)cc1F)CC2=O. The lowest BCUT2D eigenvalue weighted by Crippen LogP contribution is -2.43. The van der Waals surface area contributed by atoms with Gasteiger partial charge in [-0.25, -0.2) is 11.0 Å². The van der Waals surface area contributed by atoms with Crippen LogP contribution in [0.5, 0.6) is 5.75 Å². The van der Waals surface area contributed by atoms with Gasteiger partial charge in [-0.05, 0) is 35.4 Å². The molecule has 0 fully saturated rings. The van der Waals surface area contributed by atoms with Gasteiger partial charge in [-0.3, -0.25) is 14.5 Å². The molecule has 148 valence electrons. The van der Waals surface area contributed by atoms with Crippen molar-refractivity contribution in [2.45, 2.75) is 12.5 Å². The first kappa shape index (κ1) is 19.4. The number of carbonyl (C=O) groups is 2. The van der Waals surface area contributed by atoms with Crippen molar-refractivity contribution in [3.8, 4) is 22.9 Å². The standard InChI is InChI=1S/C23H16FN3O3/c1-26-18-10-15(11-25)21-20(28)12-27(23(29)22(18)21)19-7-6-14(9-17(19)24)13-4-3-5-16(8-13)30-2/h3-9,15,18H,10,12H2,2H3. The fraction of sp³-hybridized carbons (Fsp3) is 0.217. The molecule has 1 heterocycles. The third kappa shape index (κ3) is 3.01. The number of rotatable bonds is 3. The van der Waals surface area contributed by atoms with Crippen LogP contribution in [-0.4, -0.2) is 31.4 Å². The highest BCUT2D eigenvalue weighted by atomic mass is 19.1. The number of nitrogens with zero attached hydrogens (tertiary/aromatic N) is 3. The third-order valence-electron chi connectivity index (χ3n) is 5.46. The van der Waals surface area contributed by atoms with Gasteiger partial charge < -0.3 is 9.58 Å². The van der Waals surface area contributed by atoms with Crippen LogP contribution in [0.3, 0.4) is 0 Å². The van der Waals surface area contributed by atoms with E-state index in [1.54, 1.807) is 31.4 Å². The van der Waals surface area contributed by atoms with Crippen molar-refractivity contribution in [3.63, 3.8) is 0 Å². The molecular formula is C23H16FN3O3. The number of halogens is 1. The summed E-state index contributed by atoms with van der Waals surface area (Å²) >= 11 is 0. The minimum absolute atomic E-state index is 0.0315. The molecule has 2 atom stereocenters. The zero-order chi connectivity index (χ0) is 21.4. The molecule has 0 saturated heterocycles. The maximum atomic E-state index is 15.0. The molecule has 7 heteroatoms. The summed E-state index contributed by atoms with van der Waals surface area (Å²) in [5.41, 5.74) is 1.45. The summed E-state index contributed by atoms with van der Waals surface area (Å²) < 4.78 is 20.2. The van der Waals surface area contributed by atoms with Crippen molar-refractivity contribution in [2.24, 2.45) is 5.92 Å². The lowest BCUT2D eigenvalue weighted by atomic mass is 9.94. The van der Waals surface area contributed by atoms with Crippen LogP contribution in [0.15, 0.2) is 53.6 Å². The van der Waals surface area contributed by atoms with E-state index in [0.717, 1.165) is 10.5 Å². The van der Waals surface area contributed by atoms with E-state index in [4.69, 9.17) is 11.3 Å². The zero-order valence-electron chi connectivity index (χ0n) is 16.1. The minimum atomic E-state index is -0.858. The van der Waals surface area contributed by atoms with Crippen molar-refractivity contribution >= 4 is 17.4 Å². The van der Waals surface area contributed by atoms with Gasteiger partial charge in [-0.1, -0.05) is 18.2 Å². The Morgan fingerprint density at radius 2 is 1.97 bits per heavy atom. The van der Waals surface area contributed by atoms with Crippen molar-refractivity contribution in [2.75, 3.05) is 18.6 Å². The first-order valence-corrected chi connectivity index (χ1v) is 9.27. The van der Waals surface area contributed by atoms with Gasteiger partial charge in [0.1, 0.15) is 17.1 Å². The second-order valence-electron chi connectivity index (χ2n) is 7.10. The first-order valence-electron chi connectivity index (χ1n) is 9.27. The molecule has 2 unspecified atom stereocenters. The highest BCUT2D eigenvalue weighted by Gasteiger charge is 2.49. The third-order valence-corrected chi connectivity index (χ3v) is 5.46. The van der Waals surface area contributed by atoms with Crippen molar-refractivity contribution in [1.29, 1.82) is 5.26 Å². The normalized spacial score (nSPS) is 20.6. The van der Waals surface area contributed by atoms with Crippen molar-refractivity contribution < 1.29 is 18.7 Å². The van der Waals surface area contributed by atoms with Crippen LogP contribution in [0.4, 0.5) is 10.1 Å². The van der Waals surface area contributed by atoms with Crippen molar-refractivity contribution in [3.05, 3.63) is 70.8 Å². The zero-order valence-corrected chi connectivity index (χ0v) is 16.1. The number of hydrogen-bond donors (Lipinski definition) is 0. The molecule has 0 N–H and O–H groups in total. The van der Waals surface area contributed by atoms with Gasteiger partial charge >= 0.3 is 0 Å². The summed E-state index contributed by atoms with van der Waals surface area (Å²) in [5.74, 6) is -1.80. The number of methoxy groups -OCH3 is 1. The molecule has 1 aliphatic heterocycles. The Kier molecular flexibility index (Phi) is 4.81. The summed E-state index contributed by atoms with van der Waals surface area (Å²) in [4.78, 5) is 30.2. The van der Waals surface area contributed by atoms with Gasteiger partial charge in [0.2, 0.25) is 0 Å². The highest BCUT2D eigenvalue weighted by molar-refractivity contribution is 6.21. The molecule has 0 saturated carbocycles. The Bertz CT molecular complexity index is 1190. The average Bonchev–Trinajstić information content (AvgIpc) is 3.16. The molecule has 1 amide bonds. The van der Waals surface area contributed by atoms with Crippen LogP contribution in [0, 0.1) is 29.6 Å². The number of anilines is 1. The van der Waals surface area contributed by atoms with E-state index in [1.165, 1.54) is 12.1 Å². The average molecular weight is 401 g/mol. The topological polar surface area (TPSA) is 74.8 Å². The van der Waals surface area contributed by atoms with E-state index >= 15 is 4.39 Å². The number of benzene rings is 2. The van der Waals surface area contributed by atoms with E-state index in [-0.39, 0.29) is 29.8 Å². The highest BCUT2D eigenvalue weighted by Crippen LogP contribution is 2.40. The summed E-state index contributed by atoms with van der Waals surface area (Å²) in [6.45, 7) is 6.98. The molecule has 30 heavy (non-hydrogen) atoms. The summed E-state index contributed by atoms with van der Waals surface area (Å²) in [5, 5.41) is 9.29. The Balaban J connectivity index is 1.72.